The second kappa shape index (κ2) is 5.27. The van der Waals surface area contributed by atoms with Gasteiger partial charge in [0.2, 0.25) is 0 Å². The molecule has 3 N–H and O–H groups in total. The van der Waals surface area contributed by atoms with Crippen molar-refractivity contribution in [2.45, 2.75) is 4.90 Å². The number of nitrogens with zero attached hydrogens (tertiary/aromatic N) is 1. The number of halogens is 1. The summed E-state index contributed by atoms with van der Waals surface area (Å²) in [6.07, 6.45) is 1.51. The maximum Gasteiger partial charge on any atom is 0.264 e. The summed E-state index contributed by atoms with van der Waals surface area (Å²) in [4.78, 5) is 4.03. The topological polar surface area (TPSA) is 85.1 Å². The second-order valence-electron chi connectivity index (χ2n) is 4.67. The molecule has 0 unspecified atom stereocenters. The van der Waals surface area contributed by atoms with Crippen molar-refractivity contribution in [1.82, 2.24) is 4.98 Å². The first-order chi connectivity index (χ1) is 10.5. The number of aromatic nitrogens is 1. The van der Waals surface area contributed by atoms with Gasteiger partial charge in [0.25, 0.3) is 10.0 Å². The molecule has 0 bridgehead atoms. The number of pyridine rings is 1. The van der Waals surface area contributed by atoms with Crippen molar-refractivity contribution in [3.8, 4) is 0 Å². The van der Waals surface area contributed by atoms with E-state index in [0.29, 0.717) is 10.9 Å². The Morgan fingerprint density at radius 2 is 1.86 bits per heavy atom. The largest absolute Gasteiger partial charge is 0.398 e. The van der Waals surface area contributed by atoms with E-state index >= 15 is 0 Å². The highest BCUT2D eigenvalue weighted by Gasteiger charge is 2.19. The van der Waals surface area contributed by atoms with Gasteiger partial charge in [0, 0.05) is 17.6 Å². The number of hydrogen-bond donors (Lipinski definition) is 2. The van der Waals surface area contributed by atoms with E-state index in [9.17, 15) is 12.8 Å². The maximum atomic E-state index is 13.7. The highest BCUT2D eigenvalue weighted by atomic mass is 32.2. The van der Waals surface area contributed by atoms with Gasteiger partial charge in [-0.05, 0) is 24.3 Å². The van der Waals surface area contributed by atoms with Gasteiger partial charge in [-0.15, -0.1) is 0 Å². The lowest BCUT2D eigenvalue weighted by atomic mass is 10.2. The third kappa shape index (κ3) is 2.58. The molecule has 0 saturated carbocycles. The molecule has 0 amide bonds. The zero-order valence-electron chi connectivity index (χ0n) is 11.3. The van der Waals surface area contributed by atoms with E-state index in [4.69, 9.17) is 5.73 Å². The Hall–Kier alpha value is -2.67. The first kappa shape index (κ1) is 14.3. The smallest absolute Gasteiger partial charge is 0.264 e. The van der Waals surface area contributed by atoms with Crippen LogP contribution in [0.3, 0.4) is 0 Å². The van der Waals surface area contributed by atoms with Crippen molar-refractivity contribution < 1.29 is 12.8 Å². The molecule has 1 heterocycles. The highest BCUT2D eigenvalue weighted by molar-refractivity contribution is 7.93. The van der Waals surface area contributed by atoms with E-state index in [2.05, 4.69) is 9.71 Å². The highest BCUT2D eigenvalue weighted by Crippen LogP contribution is 2.27. The number of nitrogens with one attached hydrogen (secondary N) is 1. The summed E-state index contributed by atoms with van der Waals surface area (Å²) >= 11 is 0. The van der Waals surface area contributed by atoms with Crippen LogP contribution < -0.4 is 10.5 Å². The Labute approximate surface area is 126 Å². The van der Waals surface area contributed by atoms with Crippen LogP contribution in [0.25, 0.3) is 10.9 Å². The van der Waals surface area contributed by atoms with Crippen LogP contribution in [-0.2, 0) is 10.0 Å². The monoisotopic (exact) mass is 317 g/mol. The minimum atomic E-state index is -3.93. The normalized spacial score (nSPS) is 11.5. The van der Waals surface area contributed by atoms with Gasteiger partial charge < -0.3 is 5.73 Å². The second-order valence-corrected chi connectivity index (χ2v) is 6.32. The van der Waals surface area contributed by atoms with E-state index in [1.807, 2.05) is 0 Å². The molecule has 3 rings (SSSR count). The maximum absolute atomic E-state index is 13.7. The Bertz CT molecular complexity index is 958. The van der Waals surface area contributed by atoms with Crippen molar-refractivity contribution in [2.75, 3.05) is 10.5 Å². The molecule has 2 aromatic carbocycles. The van der Waals surface area contributed by atoms with Gasteiger partial charge in [-0.1, -0.05) is 18.2 Å². The van der Waals surface area contributed by atoms with Gasteiger partial charge in [-0.3, -0.25) is 9.71 Å². The molecule has 0 saturated heterocycles. The van der Waals surface area contributed by atoms with E-state index in [-0.39, 0.29) is 16.3 Å². The third-order valence-corrected chi connectivity index (χ3v) is 4.56. The van der Waals surface area contributed by atoms with Gasteiger partial charge in [0.15, 0.2) is 0 Å². The van der Waals surface area contributed by atoms with Gasteiger partial charge in [-0.25, -0.2) is 12.8 Å². The van der Waals surface area contributed by atoms with Crippen LogP contribution in [0.5, 0.6) is 0 Å². The zero-order chi connectivity index (χ0) is 15.7. The molecule has 0 aliphatic rings. The van der Waals surface area contributed by atoms with E-state index in [0.717, 1.165) is 6.07 Å². The number of fused-ring (bicyclic) bond motifs is 1. The molecule has 0 aliphatic heterocycles. The molecular formula is C15H12FN3O2S. The standard InChI is InChI=1S/C15H12FN3O2S/c16-11-8-10-4-3-7-18-15(10)13(9-11)19-22(20,21)14-6-2-1-5-12(14)17/h1-9,19H,17H2. The molecular weight excluding hydrogens is 305 g/mol. The number of rotatable bonds is 3. The molecule has 22 heavy (non-hydrogen) atoms. The number of hydrogen-bond acceptors (Lipinski definition) is 4. The minimum absolute atomic E-state index is 0.0663. The van der Waals surface area contributed by atoms with Crippen molar-refractivity contribution in [3.63, 3.8) is 0 Å². The lowest BCUT2D eigenvalue weighted by Gasteiger charge is -2.11. The van der Waals surface area contributed by atoms with Crippen molar-refractivity contribution in [2.24, 2.45) is 0 Å². The molecule has 5 nitrogen and oxygen atoms in total. The fourth-order valence-corrected chi connectivity index (χ4v) is 3.35. The number of anilines is 2. The SMILES string of the molecule is Nc1ccccc1S(=O)(=O)Nc1cc(F)cc2cccnc12. The predicted molar refractivity (Wildman–Crippen MR) is 83.4 cm³/mol. The van der Waals surface area contributed by atoms with Gasteiger partial charge in [0.05, 0.1) is 16.9 Å². The molecule has 3 aromatic rings. The van der Waals surface area contributed by atoms with Crippen LogP contribution in [0.4, 0.5) is 15.8 Å². The van der Waals surface area contributed by atoms with Gasteiger partial charge in [0.1, 0.15) is 10.7 Å². The Kier molecular flexibility index (Phi) is 3.42. The molecule has 0 spiro atoms. The lowest BCUT2D eigenvalue weighted by molar-refractivity contribution is 0.601. The number of sulfonamides is 1. The van der Waals surface area contributed by atoms with Crippen LogP contribution in [0.2, 0.25) is 0 Å². The fraction of sp³-hybridized carbons (Fsp3) is 0. The molecule has 112 valence electrons. The summed E-state index contributed by atoms with van der Waals surface area (Å²) < 4.78 is 40.9. The van der Waals surface area contributed by atoms with Crippen LogP contribution in [-0.4, -0.2) is 13.4 Å². The summed E-state index contributed by atoms with van der Waals surface area (Å²) in [5.41, 5.74) is 6.24. The number of nitrogens with two attached hydrogens (primary N) is 1. The summed E-state index contributed by atoms with van der Waals surface area (Å²) in [7, 11) is -3.93. The average molecular weight is 317 g/mol. The molecule has 0 fully saturated rings. The fourth-order valence-electron chi connectivity index (χ4n) is 2.16. The summed E-state index contributed by atoms with van der Waals surface area (Å²) in [5, 5.41) is 0.501. The number of para-hydroxylation sites is 1. The van der Waals surface area contributed by atoms with E-state index < -0.39 is 15.8 Å². The van der Waals surface area contributed by atoms with Crippen molar-refractivity contribution in [3.05, 3.63) is 60.5 Å². The zero-order valence-corrected chi connectivity index (χ0v) is 12.1. The van der Waals surface area contributed by atoms with E-state index in [1.54, 1.807) is 24.3 Å². The average Bonchev–Trinajstić information content (AvgIpc) is 2.47. The van der Waals surface area contributed by atoms with Crippen LogP contribution in [0.1, 0.15) is 0 Å². The van der Waals surface area contributed by atoms with Gasteiger partial charge >= 0.3 is 0 Å². The number of benzene rings is 2. The molecule has 0 atom stereocenters. The summed E-state index contributed by atoms with van der Waals surface area (Å²) in [5.74, 6) is -0.556. The third-order valence-electron chi connectivity index (χ3n) is 3.12. The first-order valence-corrected chi connectivity index (χ1v) is 7.87. The molecule has 0 radical (unpaired) electrons. The summed E-state index contributed by atoms with van der Waals surface area (Å²) in [6, 6.07) is 11.7. The van der Waals surface area contributed by atoms with Crippen molar-refractivity contribution >= 4 is 32.3 Å². The Morgan fingerprint density at radius 1 is 1.09 bits per heavy atom. The van der Waals surface area contributed by atoms with Crippen LogP contribution >= 0.6 is 0 Å². The van der Waals surface area contributed by atoms with Crippen molar-refractivity contribution in [1.29, 1.82) is 0 Å². The lowest BCUT2D eigenvalue weighted by Crippen LogP contribution is -2.15. The Morgan fingerprint density at radius 3 is 2.64 bits per heavy atom. The van der Waals surface area contributed by atoms with Gasteiger partial charge in [-0.2, -0.15) is 0 Å². The molecule has 1 aromatic heterocycles. The Balaban J connectivity index is 2.12. The molecule has 7 heteroatoms. The first-order valence-electron chi connectivity index (χ1n) is 6.39. The predicted octanol–water partition coefficient (Wildman–Crippen LogP) is 2.76. The van der Waals surface area contributed by atoms with E-state index in [1.165, 1.54) is 24.4 Å². The summed E-state index contributed by atoms with van der Waals surface area (Å²) in [6.45, 7) is 0. The number of nitrogen functional groups attached to an aromatic ring is 1. The molecule has 0 aliphatic carbocycles. The van der Waals surface area contributed by atoms with Crippen LogP contribution in [0, 0.1) is 5.82 Å². The van der Waals surface area contributed by atoms with Crippen LogP contribution in [0.15, 0.2) is 59.6 Å². The minimum Gasteiger partial charge on any atom is -0.398 e. The quantitative estimate of drug-likeness (QED) is 0.727.